The Labute approximate surface area is 293 Å². The molecule has 2 aliphatic heterocycles. The molecule has 9 rings (SSSR count). The third kappa shape index (κ3) is 5.90. The first-order valence-corrected chi connectivity index (χ1v) is 17.5. The molecule has 0 saturated heterocycles. The van der Waals surface area contributed by atoms with Crippen LogP contribution in [-0.4, -0.2) is 16.5 Å². The summed E-state index contributed by atoms with van der Waals surface area (Å²) in [6, 6.07) is 47.2. The van der Waals surface area contributed by atoms with Gasteiger partial charge in [0.1, 0.15) is 5.84 Å². The maximum absolute atomic E-state index is 5.25. The molecule has 1 atom stereocenters. The van der Waals surface area contributed by atoms with Gasteiger partial charge < -0.3 is 5.32 Å². The van der Waals surface area contributed by atoms with E-state index in [2.05, 4.69) is 156 Å². The number of nitrogens with one attached hydrogen (secondary N) is 1. The molecule has 5 aromatic carbocycles. The van der Waals surface area contributed by atoms with Gasteiger partial charge in [-0.1, -0.05) is 140 Å². The van der Waals surface area contributed by atoms with E-state index in [0.717, 1.165) is 59.4 Å². The fourth-order valence-corrected chi connectivity index (χ4v) is 7.27. The number of amidine groups is 1. The van der Waals surface area contributed by atoms with Crippen molar-refractivity contribution in [1.82, 2.24) is 10.3 Å². The topological polar surface area (TPSA) is 49.6 Å². The molecule has 3 heterocycles. The van der Waals surface area contributed by atoms with Gasteiger partial charge in [0.2, 0.25) is 0 Å². The molecule has 0 fully saturated rings. The summed E-state index contributed by atoms with van der Waals surface area (Å²) >= 11 is 0. The van der Waals surface area contributed by atoms with E-state index >= 15 is 0 Å². The van der Waals surface area contributed by atoms with Crippen LogP contribution in [-0.2, 0) is 6.42 Å². The molecule has 6 aromatic rings. The zero-order valence-electron chi connectivity index (χ0n) is 27.8. The normalized spacial score (nSPS) is 17.0. The number of rotatable bonds is 6. The van der Waals surface area contributed by atoms with Crippen molar-refractivity contribution in [3.8, 4) is 22.3 Å². The summed E-state index contributed by atoms with van der Waals surface area (Å²) in [5.74, 6) is 0.938. The van der Waals surface area contributed by atoms with Crippen LogP contribution in [0.3, 0.4) is 0 Å². The molecule has 1 unspecified atom stereocenters. The van der Waals surface area contributed by atoms with Gasteiger partial charge in [-0.05, 0) is 87.9 Å². The molecule has 0 spiro atoms. The third-order valence-electron chi connectivity index (χ3n) is 10.0. The number of hydrogen-bond acceptors (Lipinski definition) is 4. The Morgan fingerprint density at radius 2 is 1.16 bits per heavy atom. The van der Waals surface area contributed by atoms with Crippen LogP contribution in [0, 0.1) is 0 Å². The lowest BCUT2D eigenvalue weighted by Crippen LogP contribution is -2.32. The minimum Gasteiger partial charge on any atom is -0.359 e. The first-order chi connectivity index (χ1) is 24.7. The van der Waals surface area contributed by atoms with Gasteiger partial charge in [0, 0.05) is 17.3 Å². The number of aromatic nitrogens is 1. The summed E-state index contributed by atoms with van der Waals surface area (Å²) in [4.78, 5) is 15.1. The molecule has 1 aromatic heterocycles. The van der Waals surface area contributed by atoms with Crippen molar-refractivity contribution in [2.24, 2.45) is 9.98 Å². The van der Waals surface area contributed by atoms with Crippen LogP contribution < -0.4 is 5.32 Å². The fourth-order valence-electron chi connectivity index (χ4n) is 7.27. The largest absolute Gasteiger partial charge is 0.359 e. The van der Waals surface area contributed by atoms with Gasteiger partial charge in [-0.25, -0.2) is 4.99 Å². The average molecular weight is 645 g/mol. The minimum absolute atomic E-state index is 0.0117. The molecule has 50 heavy (non-hydrogen) atoms. The van der Waals surface area contributed by atoms with Gasteiger partial charge in [0.15, 0.2) is 0 Å². The molecular weight excluding hydrogens is 609 g/mol. The standard InChI is InChI=1S/C46H36N4/c1-3-8-31(9-4-1)33-13-17-36(18-14-33)42-30-43(37-19-15-34(16-20-37)32-10-5-2-6-11-32)50-46(49-42)40-25-21-35(22-26-40)41-28-27-39-24-23-38-12-7-29-47-44(38)45(39)48-41/h1-21,23-25,29-30,42H,22,26-28H2,(H,49,50). The number of fused-ring (bicyclic) bond motifs is 3. The highest BCUT2D eigenvalue weighted by molar-refractivity contribution is 6.08. The van der Waals surface area contributed by atoms with Gasteiger partial charge in [0.05, 0.1) is 22.9 Å². The summed E-state index contributed by atoms with van der Waals surface area (Å²) in [7, 11) is 0. The summed E-state index contributed by atoms with van der Waals surface area (Å²) in [6.45, 7) is 0. The molecule has 0 radical (unpaired) electrons. The number of nitrogens with zero attached hydrogens (tertiary/aromatic N) is 3. The molecule has 3 aliphatic rings. The van der Waals surface area contributed by atoms with Crippen LogP contribution in [0.25, 0.3) is 38.9 Å². The maximum atomic E-state index is 5.25. The van der Waals surface area contributed by atoms with Crippen LogP contribution >= 0.6 is 0 Å². The SMILES string of the molecule is C1=C(C2=Nc3c(ccc4cccnc34)CC2)CCC(C2=NC(c3ccc(-c4ccccc4)cc3)=CC(c3ccc(-c4ccccc4)cc3)N2)=C1. The van der Waals surface area contributed by atoms with Gasteiger partial charge in [-0.3, -0.25) is 9.98 Å². The Bertz CT molecular complexity index is 2360. The van der Waals surface area contributed by atoms with Crippen molar-refractivity contribution in [1.29, 1.82) is 0 Å². The average Bonchev–Trinajstić information content (AvgIpc) is 3.21. The van der Waals surface area contributed by atoms with E-state index in [1.165, 1.54) is 50.2 Å². The lowest BCUT2D eigenvalue weighted by Gasteiger charge is -2.27. The van der Waals surface area contributed by atoms with Crippen LogP contribution in [0.2, 0.25) is 0 Å². The van der Waals surface area contributed by atoms with E-state index < -0.39 is 0 Å². The number of pyridine rings is 1. The summed E-state index contributed by atoms with van der Waals surface area (Å²) < 4.78 is 0. The highest BCUT2D eigenvalue weighted by Gasteiger charge is 2.24. The van der Waals surface area contributed by atoms with Crippen molar-refractivity contribution in [2.45, 2.75) is 31.7 Å². The highest BCUT2D eigenvalue weighted by atomic mass is 15.0. The van der Waals surface area contributed by atoms with Gasteiger partial charge >= 0.3 is 0 Å². The quantitative estimate of drug-likeness (QED) is 0.196. The van der Waals surface area contributed by atoms with Crippen LogP contribution in [0.4, 0.5) is 5.69 Å². The van der Waals surface area contributed by atoms with E-state index in [9.17, 15) is 0 Å². The van der Waals surface area contributed by atoms with Gasteiger partial charge in [0.25, 0.3) is 0 Å². The van der Waals surface area contributed by atoms with Crippen LogP contribution in [0.15, 0.2) is 179 Å². The van der Waals surface area contributed by atoms with Crippen LogP contribution in [0.5, 0.6) is 0 Å². The molecule has 1 N–H and O–H groups in total. The maximum Gasteiger partial charge on any atom is 0.130 e. The Kier molecular flexibility index (Phi) is 7.83. The molecular formula is C46H36N4. The Balaban J connectivity index is 1.04. The minimum atomic E-state index is -0.0117. The molecule has 0 saturated carbocycles. The molecule has 0 bridgehead atoms. The second-order valence-corrected chi connectivity index (χ2v) is 13.2. The van der Waals surface area contributed by atoms with Crippen molar-refractivity contribution in [3.63, 3.8) is 0 Å². The van der Waals surface area contributed by atoms with Crippen molar-refractivity contribution < 1.29 is 0 Å². The number of hydrogen-bond donors (Lipinski definition) is 1. The third-order valence-corrected chi connectivity index (χ3v) is 10.0. The van der Waals surface area contributed by atoms with Crippen LogP contribution in [0.1, 0.15) is 42.0 Å². The molecule has 1 aliphatic carbocycles. The van der Waals surface area contributed by atoms with Gasteiger partial charge in [-0.15, -0.1) is 0 Å². The first-order valence-electron chi connectivity index (χ1n) is 17.5. The monoisotopic (exact) mass is 644 g/mol. The number of allylic oxidation sites excluding steroid dienone is 3. The van der Waals surface area contributed by atoms with E-state index in [4.69, 9.17) is 9.98 Å². The second-order valence-electron chi connectivity index (χ2n) is 13.2. The van der Waals surface area contributed by atoms with Crippen molar-refractivity contribution >= 4 is 33.8 Å². The predicted octanol–water partition coefficient (Wildman–Crippen LogP) is 11.0. The lowest BCUT2D eigenvalue weighted by molar-refractivity contribution is 0.772. The summed E-state index contributed by atoms with van der Waals surface area (Å²) in [5.41, 5.74) is 15.2. The van der Waals surface area contributed by atoms with Gasteiger partial charge in [-0.2, -0.15) is 0 Å². The number of benzene rings is 5. The smallest absolute Gasteiger partial charge is 0.130 e. The molecule has 240 valence electrons. The van der Waals surface area contributed by atoms with E-state index in [0.29, 0.717) is 0 Å². The predicted molar refractivity (Wildman–Crippen MR) is 208 cm³/mol. The molecule has 4 nitrogen and oxygen atoms in total. The van der Waals surface area contributed by atoms with E-state index in [1.54, 1.807) is 0 Å². The Morgan fingerprint density at radius 1 is 0.520 bits per heavy atom. The number of aliphatic imine (C=N–C) groups is 2. The van der Waals surface area contributed by atoms with E-state index in [-0.39, 0.29) is 6.04 Å². The molecule has 0 amide bonds. The fraction of sp³-hybridized carbons (Fsp3) is 0.109. The lowest BCUT2D eigenvalue weighted by atomic mass is 9.89. The van der Waals surface area contributed by atoms with E-state index in [1.807, 2.05) is 12.3 Å². The highest BCUT2D eigenvalue weighted by Crippen LogP contribution is 2.36. The zero-order chi connectivity index (χ0) is 33.3. The zero-order valence-corrected chi connectivity index (χ0v) is 27.8. The van der Waals surface area contributed by atoms with Crippen molar-refractivity contribution in [3.05, 3.63) is 186 Å². The Hall–Kier alpha value is -6.13. The second kappa shape index (κ2) is 13.1. The first kappa shape index (κ1) is 30.0. The molecule has 4 heteroatoms. The number of aryl methyl sites for hydroxylation is 1. The van der Waals surface area contributed by atoms with Crippen molar-refractivity contribution in [2.75, 3.05) is 0 Å². The summed E-state index contributed by atoms with van der Waals surface area (Å²) in [6.07, 6.45) is 12.4. The Morgan fingerprint density at radius 3 is 1.86 bits per heavy atom. The summed E-state index contributed by atoms with van der Waals surface area (Å²) in [5, 5.41) is 4.94.